The first-order valence-electron chi connectivity index (χ1n) is 55.6. The van der Waals surface area contributed by atoms with Crippen molar-refractivity contribution >= 4 is 163 Å². The zero-order chi connectivity index (χ0) is 110. The Morgan fingerprint density at radius 2 is 0.320 bits per heavy atom. The van der Waals surface area contributed by atoms with Crippen LogP contribution in [-0.2, 0) is 0 Å². The lowest BCUT2D eigenvalue weighted by atomic mass is 9.91. The Morgan fingerprint density at radius 3 is 0.558 bits per heavy atom. The molecule has 0 unspecified atom stereocenters. The molecule has 0 bridgehead atoms. The average Bonchev–Trinajstić information content (AvgIpc) is 1.39. The molecule has 147 heavy (non-hydrogen) atoms. The maximum absolute atomic E-state index is 8.64. The molecule has 12 heteroatoms. The van der Waals surface area contributed by atoms with Gasteiger partial charge >= 0.3 is 0 Å². The van der Waals surface area contributed by atoms with Crippen molar-refractivity contribution in [2.24, 2.45) is 0 Å². The number of aromatic nitrogens is 9. The van der Waals surface area contributed by atoms with Crippen LogP contribution >= 0.6 is 0 Å². The fourth-order valence-electron chi connectivity index (χ4n) is 20.9. The molecule has 30 rings (SSSR count). The topological polar surface area (TPSA) is 155 Å². The molecule has 0 aliphatic heterocycles. The standard InChI is InChI=1S/3C45H27N3O/c3*1-3-12-28(13-4-1)43-46-44(29-14-5-2-6-15-29)48-45(47-43)31-23-25-38-41(27-31)49-40-21-11-20-32(42(38)40)30-22-24-37-35-18-8-7-16-33(35)34-17-9-10-19-36(34)39(37)26-30/h3*1-27H/i1D,2D,3D,4D,5D,6D,12D,13D,14D,15D;1D,3D,4D,12D,13D;. The molecule has 684 valence electrons. The van der Waals surface area contributed by atoms with Crippen LogP contribution in [0, 0.1) is 0 Å². The third kappa shape index (κ3) is 15.1. The summed E-state index contributed by atoms with van der Waals surface area (Å²) < 4.78 is 145. The summed E-state index contributed by atoms with van der Waals surface area (Å²) in [4.78, 5) is 42.4. The molecule has 0 saturated carbocycles. The maximum Gasteiger partial charge on any atom is 0.164 e. The van der Waals surface area contributed by atoms with E-state index in [1.807, 2.05) is 146 Å². The van der Waals surface area contributed by atoms with Gasteiger partial charge in [0.1, 0.15) is 33.5 Å². The van der Waals surface area contributed by atoms with Gasteiger partial charge < -0.3 is 13.3 Å². The summed E-state index contributed by atoms with van der Waals surface area (Å²) in [6.07, 6.45) is 0. The summed E-state index contributed by atoms with van der Waals surface area (Å²) >= 11 is 0. The molecule has 30 aromatic rings. The van der Waals surface area contributed by atoms with Gasteiger partial charge in [-0.1, -0.05) is 418 Å². The van der Waals surface area contributed by atoms with Crippen molar-refractivity contribution in [2.75, 3.05) is 0 Å². The van der Waals surface area contributed by atoms with Crippen LogP contribution in [-0.4, -0.2) is 44.9 Å². The summed E-state index contributed by atoms with van der Waals surface area (Å²) in [5.41, 5.74) is 14.2. The quantitative estimate of drug-likeness (QED) is 0.107. The van der Waals surface area contributed by atoms with Crippen LogP contribution in [0.5, 0.6) is 0 Å². The van der Waals surface area contributed by atoms with Crippen LogP contribution in [0.25, 0.3) is 299 Å². The Morgan fingerprint density at radius 1 is 0.129 bits per heavy atom. The average molecular weight is 1890 g/mol. The predicted octanol–water partition coefficient (Wildman–Crippen LogP) is 35.7. The van der Waals surface area contributed by atoms with Crippen LogP contribution in [0.2, 0.25) is 0 Å². The minimum atomic E-state index is -0.611. The number of hydrogen-bond acceptors (Lipinski definition) is 12. The van der Waals surface area contributed by atoms with Crippen LogP contribution in [0.1, 0.15) is 20.6 Å². The van der Waals surface area contributed by atoms with E-state index >= 15 is 0 Å². The summed E-state index contributed by atoms with van der Waals surface area (Å²) in [6, 6.07) is 128. The molecule has 0 fully saturated rings. The fourth-order valence-corrected chi connectivity index (χ4v) is 20.9. The third-order valence-electron chi connectivity index (χ3n) is 27.6. The highest BCUT2D eigenvalue weighted by atomic mass is 16.3. The molecule has 24 aromatic carbocycles. The smallest absolute Gasteiger partial charge is 0.164 e. The SMILES string of the molecule is [2H]c1c([2H])c([2H])c(-c2nc(-c3ccc4c(c3)oc3cccc(-c5ccc6c7ccccc7c7ccccc7c6c5)c34)nc(-c3c([2H])c([2H])c([2H])c([2H])c3[2H])n2)c([2H])c1[2H].[2H]c1c([2H])c([2H])c(-c2nc(-c3ccccc3)nc(-c3ccc4c(c3)oc3cccc(-c5ccc6c7ccccc7c7ccccc7c6c5)c34)n2)c([2H])c1[2H].c1ccc(-c2nc(-c3ccccc3)nc(-c3ccc4c(c3)oc3cccc(-c5ccc6c7ccccc7c7ccccc7c6c5)c34)n2)cc1. The van der Waals surface area contributed by atoms with E-state index in [1.54, 1.807) is 12.1 Å². The number of furan rings is 3. The Bertz CT molecular complexity index is 11200. The monoisotopic (exact) mass is 1890 g/mol. The van der Waals surface area contributed by atoms with Crippen molar-refractivity contribution in [3.8, 4) is 136 Å². The number of fused-ring (bicyclic) bond motifs is 27. The van der Waals surface area contributed by atoms with Gasteiger partial charge in [-0.25, -0.2) is 44.9 Å². The fraction of sp³-hybridized carbons (Fsp3) is 0. The second-order valence-corrected chi connectivity index (χ2v) is 36.0. The van der Waals surface area contributed by atoms with E-state index in [4.69, 9.17) is 58.7 Å². The van der Waals surface area contributed by atoms with E-state index in [0.29, 0.717) is 56.7 Å². The van der Waals surface area contributed by atoms with Gasteiger partial charge in [-0.3, -0.25) is 0 Å². The van der Waals surface area contributed by atoms with E-state index in [2.05, 4.69) is 263 Å². The van der Waals surface area contributed by atoms with Crippen LogP contribution in [0.4, 0.5) is 0 Å². The molecular weight excluding hydrogens is 1800 g/mol. The molecule has 0 aliphatic rings. The summed E-state index contributed by atoms with van der Waals surface area (Å²) in [5.74, 6) is 1.73. The van der Waals surface area contributed by atoms with Gasteiger partial charge in [0.25, 0.3) is 0 Å². The lowest BCUT2D eigenvalue weighted by Gasteiger charge is -2.12. The van der Waals surface area contributed by atoms with Crippen molar-refractivity contribution in [3.05, 3.63) is 491 Å². The normalized spacial score (nSPS) is 13.1. The molecule has 12 nitrogen and oxygen atoms in total. The Labute approximate surface area is 863 Å². The summed E-state index contributed by atoms with van der Waals surface area (Å²) in [7, 11) is 0. The van der Waals surface area contributed by atoms with Gasteiger partial charge in [0, 0.05) is 82.4 Å². The van der Waals surface area contributed by atoms with E-state index < -0.39 is 78.6 Å². The zero-order valence-electron chi connectivity index (χ0n) is 92.9. The number of nitrogens with zero attached hydrogens (tertiary/aromatic N) is 9. The molecule has 0 saturated heterocycles. The highest BCUT2D eigenvalue weighted by molar-refractivity contribution is 6.30. The first-order chi connectivity index (χ1) is 79.1. The highest BCUT2D eigenvalue weighted by Crippen LogP contribution is 2.48. The number of rotatable bonds is 12. The Hall–Kier alpha value is -20.0. The third-order valence-corrected chi connectivity index (χ3v) is 27.6. The molecule has 0 radical (unpaired) electrons. The molecule has 0 atom stereocenters. The minimum Gasteiger partial charge on any atom is -0.456 e. The number of hydrogen-bond donors (Lipinski definition) is 0. The molecule has 6 heterocycles. The lowest BCUT2D eigenvalue weighted by Crippen LogP contribution is -2.00. The van der Waals surface area contributed by atoms with E-state index in [0.717, 1.165) is 115 Å². The zero-order valence-corrected chi connectivity index (χ0v) is 77.9. The van der Waals surface area contributed by atoms with E-state index in [-0.39, 0.29) is 57.9 Å². The lowest BCUT2D eigenvalue weighted by molar-refractivity contribution is 0.668. The van der Waals surface area contributed by atoms with Crippen LogP contribution in [0.15, 0.2) is 504 Å². The van der Waals surface area contributed by atoms with Crippen molar-refractivity contribution in [1.82, 2.24) is 44.9 Å². The van der Waals surface area contributed by atoms with Crippen LogP contribution in [0.3, 0.4) is 0 Å². The molecule has 0 spiro atoms. The summed E-state index contributed by atoms with van der Waals surface area (Å²) in [6.45, 7) is 0. The van der Waals surface area contributed by atoms with Gasteiger partial charge in [0.15, 0.2) is 52.4 Å². The molecule has 0 aliphatic carbocycles. The highest BCUT2D eigenvalue weighted by Gasteiger charge is 2.25. The molecule has 0 amide bonds. The Kier molecular flexibility index (Phi) is 17.1. The van der Waals surface area contributed by atoms with Gasteiger partial charge in [-0.2, -0.15) is 0 Å². The first kappa shape index (κ1) is 70.6. The van der Waals surface area contributed by atoms with Crippen molar-refractivity contribution in [2.45, 2.75) is 0 Å². The van der Waals surface area contributed by atoms with Crippen molar-refractivity contribution < 1.29 is 33.8 Å². The first-order valence-corrected chi connectivity index (χ1v) is 48.1. The van der Waals surface area contributed by atoms with Gasteiger partial charge in [0.05, 0.1) is 20.6 Å². The number of benzene rings is 24. The van der Waals surface area contributed by atoms with Gasteiger partial charge in [-0.05, 0) is 203 Å². The van der Waals surface area contributed by atoms with E-state index in [1.165, 1.54) is 80.8 Å². The van der Waals surface area contributed by atoms with Crippen LogP contribution < -0.4 is 0 Å². The maximum atomic E-state index is 8.64. The van der Waals surface area contributed by atoms with Crippen molar-refractivity contribution in [1.29, 1.82) is 0 Å². The molecule has 6 aromatic heterocycles. The minimum absolute atomic E-state index is 0.0144. The van der Waals surface area contributed by atoms with Gasteiger partial charge in [-0.15, -0.1) is 0 Å². The van der Waals surface area contributed by atoms with E-state index in [9.17, 15) is 0 Å². The van der Waals surface area contributed by atoms with Gasteiger partial charge in [0.2, 0.25) is 0 Å². The Balaban J connectivity index is 0.000000114. The van der Waals surface area contributed by atoms with Crippen molar-refractivity contribution in [3.63, 3.8) is 0 Å². The second kappa shape index (κ2) is 35.7. The molecule has 0 N–H and O–H groups in total. The summed E-state index contributed by atoms with van der Waals surface area (Å²) in [5, 5.41) is 27.6. The second-order valence-electron chi connectivity index (χ2n) is 36.0. The molecular formula is C135H81N9O3. The predicted molar refractivity (Wildman–Crippen MR) is 604 cm³/mol. The largest absolute Gasteiger partial charge is 0.456 e.